The van der Waals surface area contributed by atoms with Gasteiger partial charge in [-0.25, -0.2) is 5.43 Å². The molecule has 0 radical (unpaired) electrons. The summed E-state index contributed by atoms with van der Waals surface area (Å²) in [6.45, 7) is 4.10. The summed E-state index contributed by atoms with van der Waals surface area (Å²) in [7, 11) is 0. The number of hydrazone groups is 1. The first-order chi connectivity index (χ1) is 12.1. The molecule has 0 spiro atoms. The third kappa shape index (κ3) is 3.99. The van der Waals surface area contributed by atoms with Crippen molar-refractivity contribution in [2.45, 2.75) is 13.8 Å². The summed E-state index contributed by atoms with van der Waals surface area (Å²) in [5, 5.41) is 4.11. The summed E-state index contributed by atoms with van der Waals surface area (Å²) in [6.07, 6.45) is 1.69. The summed E-state index contributed by atoms with van der Waals surface area (Å²) in [5.74, 6) is -0.218. The Bertz CT molecular complexity index is 912. The Morgan fingerprint density at radius 1 is 1.08 bits per heavy atom. The summed E-state index contributed by atoms with van der Waals surface area (Å²) in [4.78, 5) is 12.1. The monoisotopic (exact) mass is 443 g/mol. The molecule has 0 unspecified atom stereocenters. The van der Waals surface area contributed by atoms with E-state index in [2.05, 4.69) is 62.8 Å². The van der Waals surface area contributed by atoms with Crippen LogP contribution in [0.15, 0.2) is 65.8 Å². The summed E-state index contributed by atoms with van der Waals surface area (Å²) in [6, 6.07) is 19.6. The predicted molar refractivity (Wildman–Crippen MR) is 109 cm³/mol. The zero-order valence-electron chi connectivity index (χ0n) is 14.0. The van der Waals surface area contributed by atoms with E-state index in [1.165, 1.54) is 0 Å². The molecule has 0 bridgehead atoms. The van der Waals surface area contributed by atoms with Crippen LogP contribution in [0.4, 0.5) is 0 Å². The Morgan fingerprint density at radius 3 is 2.44 bits per heavy atom. The van der Waals surface area contributed by atoms with Gasteiger partial charge in [-0.05, 0) is 78.9 Å². The first-order valence-electron chi connectivity index (χ1n) is 7.89. The van der Waals surface area contributed by atoms with Crippen molar-refractivity contribution >= 4 is 34.7 Å². The number of nitrogens with zero attached hydrogens (tertiary/aromatic N) is 2. The number of carbonyl (C=O) groups is 1. The molecular weight excluding hydrogens is 425 g/mol. The number of rotatable bonds is 4. The zero-order chi connectivity index (χ0) is 17.8. The molecule has 2 aromatic carbocycles. The zero-order valence-corrected chi connectivity index (χ0v) is 16.2. The largest absolute Gasteiger partial charge is 0.318 e. The van der Waals surface area contributed by atoms with Crippen LogP contribution in [0.2, 0.25) is 0 Å². The van der Waals surface area contributed by atoms with Gasteiger partial charge in [0.25, 0.3) is 5.91 Å². The van der Waals surface area contributed by atoms with Gasteiger partial charge in [0, 0.05) is 31.8 Å². The lowest BCUT2D eigenvalue weighted by Gasteiger charge is -2.08. The number of amides is 1. The highest BCUT2D eigenvalue weighted by molar-refractivity contribution is 14.1. The van der Waals surface area contributed by atoms with Crippen LogP contribution in [0.3, 0.4) is 0 Å². The molecule has 5 heteroatoms. The number of aryl methyl sites for hydroxylation is 1. The number of benzene rings is 2. The van der Waals surface area contributed by atoms with E-state index in [1.54, 1.807) is 18.3 Å². The Balaban J connectivity index is 1.76. The number of aromatic nitrogens is 1. The number of hydrogen-bond donors (Lipinski definition) is 1. The van der Waals surface area contributed by atoms with Gasteiger partial charge in [-0.2, -0.15) is 5.10 Å². The quantitative estimate of drug-likeness (QED) is 0.361. The highest BCUT2D eigenvalue weighted by Crippen LogP contribution is 2.19. The van der Waals surface area contributed by atoms with Crippen molar-refractivity contribution in [1.29, 1.82) is 0 Å². The Morgan fingerprint density at radius 2 is 1.76 bits per heavy atom. The SMILES string of the molecule is Cc1cc(/C=N\NC(=O)c2ccc(I)cc2)c(C)n1-c1ccccc1. The average Bonchev–Trinajstić information content (AvgIpc) is 2.90. The molecule has 0 fully saturated rings. The molecule has 3 rings (SSSR count). The van der Waals surface area contributed by atoms with E-state index in [0.717, 1.165) is 26.2 Å². The summed E-state index contributed by atoms with van der Waals surface area (Å²) >= 11 is 2.21. The molecule has 3 aromatic rings. The second-order valence-electron chi connectivity index (χ2n) is 5.70. The van der Waals surface area contributed by atoms with Gasteiger partial charge in [-0.15, -0.1) is 0 Å². The normalized spacial score (nSPS) is 11.0. The van der Waals surface area contributed by atoms with Crippen molar-refractivity contribution in [3.8, 4) is 5.69 Å². The van der Waals surface area contributed by atoms with E-state index in [9.17, 15) is 4.79 Å². The molecule has 126 valence electrons. The Hall–Kier alpha value is -2.41. The van der Waals surface area contributed by atoms with E-state index in [0.29, 0.717) is 5.56 Å². The van der Waals surface area contributed by atoms with Crippen LogP contribution in [0.1, 0.15) is 27.3 Å². The molecule has 0 saturated heterocycles. The molecular formula is C20H18IN3O. The first kappa shape index (κ1) is 17.4. The lowest BCUT2D eigenvalue weighted by atomic mass is 10.2. The minimum Gasteiger partial charge on any atom is -0.318 e. The maximum absolute atomic E-state index is 12.1. The van der Waals surface area contributed by atoms with Gasteiger partial charge in [-0.3, -0.25) is 4.79 Å². The second-order valence-corrected chi connectivity index (χ2v) is 6.95. The predicted octanol–water partition coefficient (Wildman–Crippen LogP) is 4.46. The number of hydrogen-bond acceptors (Lipinski definition) is 2. The summed E-state index contributed by atoms with van der Waals surface area (Å²) < 4.78 is 3.26. The van der Waals surface area contributed by atoms with Crippen molar-refractivity contribution < 1.29 is 4.79 Å². The molecule has 1 aromatic heterocycles. The van der Waals surface area contributed by atoms with Crippen molar-refractivity contribution in [2.24, 2.45) is 5.10 Å². The fourth-order valence-corrected chi connectivity index (χ4v) is 3.08. The molecule has 1 amide bonds. The van der Waals surface area contributed by atoms with Gasteiger partial charge < -0.3 is 4.57 Å². The Labute approximate surface area is 160 Å². The van der Waals surface area contributed by atoms with E-state index >= 15 is 0 Å². The smallest absolute Gasteiger partial charge is 0.271 e. The number of para-hydroxylation sites is 1. The molecule has 0 aliphatic heterocycles. The number of halogens is 1. The molecule has 0 aliphatic carbocycles. The van der Waals surface area contributed by atoms with Crippen LogP contribution < -0.4 is 5.43 Å². The van der Waals surface area contributed by atoms with Crippen LogP contribution in [-0.2, 0) is 0 Å². The molecule has 0 atom stereocenters. The van der Waals surface area contributed by atoms with Gasteiger partial charge in [-0.1, -0.05) is 18.2 Å². The number of carbonyl (C=O) groups excluding carboxylic acids is 1. The third-order valence-corrected chi connectivity index (χ3v) is 4.68. The van der Waals surface area contributed by atoms with Crippen molar-refractivity contribution in [2.75, 3.05) is 0 Å². The maximum atomic E-state index is 12.1. The van der Waals surface area contributed by atoms with Gasteiger partial charge >= 0.3 is 0 Å². The minimum atomic E-state index is -0.218. The molecule has 25 heavy (non-hydrogen) atoms. The van der Waals surface area contributed by atoms with Crippen LogP contribution in [-0.4, -0.2) is 16.7 Å². The van der Waals surface area contributed by atoms with Crippen LogP contribution in [0.5, 0.6) is 0 Å². The van der Waals surface area contributed by atoms with Gasteiger partial charge in [0.15, 0.2) is 0 Å². The van der Waals surface area contributed by atoms with Crippen LogP contribution >= 0.6 is 22.6 Å². The molecule has 1 heterocycles. The summed E-state index contributed by atoms with van der Waals surface area (Å²) in [5.41, 5.74) is 7.46. The second kappa shape index (κ2) is 7.65. The van der Waals surface area contributed by atoms with Gasteiger partial charge in [0.2, 0.25) is 0 Å². The lowest BCUT2D eigenvalue weighted by molar-refractivity contribution is 0.0955. The number of nitrogens with one attached hydrogen (secondary N) is 1. The van der Waals surface area contributed by atoms with E-state index in [-0.39, 0.29) is 5.91 Å². The highest BCUT2D eigenvalue weighted by atomic mass is 127. The van der Waals surface area contributed by atoms with E-state index < -0.39 is 0 Å². The highest BCUT2D eigenvalue weighted by Gasteiger charge is 2.09. The van der Waals surface area contributed by atoms with E-state index in [1.807, 2.05) is 37.3 Å². The average molecular weight is 443 g/mol. The van der Waals surface area contributed by atoms with E-state index in [4.69, 9.17) is 0 Å². The minimum absolute atomic E-state index is 0.218. The standard InChI is InChI=1S/C20H18IN3O/c1-14-12-17(15(2)24(14)19-6-4-3-5-7-19)13-22-23-20(25)16-8-10-18(21)11-9-16/h3-13H,1-2H3,(H,23,25)/b22-13-. The third-order valence-electron chi connectivity index (χ3n) is 3.96. The molecule has 0 aliphatic rings. The van der Waals surface area contributed by atoms with Gasteiger partial charge in [0.1, 0.15) is 0 Å². The van der Waals surface area contributed by atoms with Crippen LogP contribution in [0.25, 0.3) is 5.69 Å². The molecule has 1 N–H and O–H groups in total. The maximum Gasteiger partial charge on any atom is 0.271 e. The molecule has 4 nitrogen and oxygen atoms in total. The lowest BCUT2D eigenvalue weighted by Crippen LogP contribution is -2.17. The molecule has 0 saturated carbocycles. The van der Waals surface area contributed by atoms with Crippen molar-refractivity contribution in [3.63, 3.8) is 0 Å². The topological polar surface area (TPSA) is 46.4 Å². The van der Waals surface area contributed by atoms with Crippen molar-refractivity contribution in [1.82, 2.24) is 9.99 Å². The fourth-order valence-electron chi connectivity index (χ4n) is 2.72. The first-order valence-corrected chi connectivity index (χ1v) is 8.97. The van der Waals surface area contributed by atoms with Crippen LogP contribution in [0, 0.1) is 17.4 Å². The Kier molecular flexibility index (Phi) is 5.33. The van der Waals surface area contributed by atoms with Crippen molar-refractivity contribution in [3.05, 3.63) is 86.7 Å². The fraction of sp³-hybridized carbons (Fsp3) is 0.100. The van der Waals surface area contributed by atoms with Gasteiger partial charge in [0.05, 0.1) is 6.21 Å².